The van der Waals surface area contributed by atoms with Crippen molar-refractivity contribution >= 4 is 44.5 Å². The van der Waals surface area contributed by atoms with Crippen LogP contribution in [0.25, 0.3) is 10.9 Å². The van der Waals surface area contributed by atoms with E-state index in [0.717, 1.165) is 61.9 Å². The number of carbonyl (C=O) groups excluding carboxylic acids is 4. The molecule has 314 valence electrons. The number of rotatable bonds is 9. The number of benzene rings is 1. The van der Waals surface area contributed by atoms with Gasteiger partial charge in [0.15, 0.2) is 5.78 Å². The average molecular weight is 819 g/mol. The second-order valence-electron chi connectivity index (χ2n) is 19.1. The molecule has 0 unspecified atom stereocenters. The highest BCUT2D eigenvalue weighted by molar-refractivity contribution is 7.91. The molecule has 8 rings (SSSR count). The molecule has 3 saturated carbocycles. The van der Waals surface area contributed by atoms with Gasteiger partial charge >= 0.3 is 5.97 Å². The molecule has 4 heterocycles. The van der Waals surface area contributed by atoms with Crippen molar-refractivity contribution in [3.63, 3.8) is 0 Å². The fourth-order valence-corrected chi connectivity index (χ4v) is 10.4. The molecule has 2 N–H and O–H groups in total. The summed E-state index contributed by atoms with van der Waals surface area (Å²) in [5, 5.41) is 4.18. The van der Waals surface area contributed by atoms with Crippen LogP contribution in [0.5, 0.6) is 11.6 Å². The number of nitrogens with zero attached hydrogens (tertiary/aromatic N) is 2. The molecule has 14 heteroatoms. The summed E-state index contributed by atoms with van der Waals surface area (Å²) in [6.45, 7) is 12.7. The highest BCUT2D eigenvalue weighted by Gasteiger charge is 2.62. The fraction of sp³-hybridized carbons (Fsp3) is 0.659. The number of ketones is 1. The number of pyridine rings is 1. The molecule has 3 aliphatic carbocycles. The number of aromatic nitrogens is 1. The molecule has 2 bridgehead atoms. The van der Waals surface area contributed by atoms with Crippen LogP contribution in [0.3, 0.4) is 0 Å². The molecule has 7 atom stereocenters. The summed E-state index contributed by atoms with van der Waals surface area (Å²) in [4.78, 5) is 63.4. The van der Waals surface area contributed by atoms with Crippen molar-refractivity contribution in [2.45, 2.75) is 134 Å². The second kappa shape index (κ2) is 15.2. The van der Waals surface area contributed by atoms with Crippen LogP contribution in [0.2, 0.25) is 0 Å². The topological polar surface area (TPSA) is 170 Å². The Morgan fingerprint density at radius 1 is 1.10 bits per heavy atom. The van der Waals surface area contributed by atoms with Crippen molar-refractivity contribution in [2.75, 3.05) is 19.6 Å². The number of allylic oxidation sites excluding steroid dienone is 1. The number of sulfonamides is 1. The zero-order valence-corrected chi connectivity index (χ0v) is 35.0. The number of hydrogen-bond donors (Lipinski definition) is 2. The third kappa shape index (κ3) is 7.99. The summed E-state index contributed by atoms with van der Waals surface area (Å²) in [6.07, 6.45) is 6.90. The molecule has 58 heavy (non-hydrogen) atoms. The first kappa shape index (κ1) is 40.7. The molecule has 1 aromatic carbocycles. The van der Waals surface area contributed by atoms with E-state index in [1.165, 1.54) is 4.90 Å². The van der Waals surface area contributed by atoms with E-state index in [9.17, 15) is 27.6 Å². The molecule has 6 aliphatic rings. The van der Waals surface area contributed by atoms with Crippen molar-refractivity contribution in [1.29, 1.82) is 0 Å². The van der Waals surface area contributed by atoms with Crippen LogP contribution >= 0.6 is 0 Å². The van der Waals surface area contributed by atoms with Gasteiger partial charge in [0.05, 0.1) is 46.2 Å². The predicted molar refractivity (Wildman–Crippen MR) is 216 cm³/mol. The maximum atomic E-state index is 14.9. The Morgan fingerprint density at radius 3 is 2.53 bits per heavy atom. The Bertz CT molecular complexity index is 2110. The predicted octanol–water partition coefficient (Wildman–Crippen LogP) is 5.18. The van der Waals surface area contributed by atoms with Gasteiger partial charge in [0, 0.05) is 31.3 Å². The van der Waals surface area contributed by atoms with Crippen LogP contribution < -0.4 is 19.5 Å². The zero-order chi connectivity index (χ0) is 41.2. The lowest BCUT2D eigenvalue weighted by molar-refractivity contribution is -0.154. The number of ether oxygens (including phenoxy) is 3. The van der Waals surface area contributed by atoms with Crippen LogP contribution in [-0.2, 0) is 40.4 Å². The summed E-state index contributed by atoms with van der Waals surface area (Å²) in [6, 6.07) is 6.82. The summed E-state index contributed by atoms with van der Waals surface area (Å²) in [5.41, 5.74) is -0.400. The molecule has 5 fully saturated rings. The van der Waals surface area contributed by atoms with Gasteiger partial charge in [-0.05, 0) is 81.3 Å². The van der Waals surface area contributed by atoms with Crippen LogP contribution in [-0.4, -0.2) is 90.6 Å². The second-order valence-corrected chi connectivity index (χ2v) is 21.3. The van der Waals surface area contributed by atoms with E-state index < -0.39 is 61.5 Å². The van der Waals surface area contributed by atoms with Crippen LogP contribution in [0.1, 0.15) is 104 Å². The molecule has 0 radical (unpaired) electrons. The SMILES string of the molecule is C=C[C@@H]1C[C@]1(CC(=O)[C@@H]1C[C@@H]2CN1C(=O)[C@H](C(C)(C)C)CC(=O)O[C@@H]1C[C@H]1CCCCCc1c(nc3ccccc3c1OC1CNC1)O2)C(=O)NS(=O)(=O)C1(C)CC1. The number of nitrogens with one attached hydrogen (secondary N) is 2. The summed E-state index contributed by atoms with van der Waals surface area (Å²) in [7, 11) is -3.96. The number of para-hydroxylation sites is 1. The number of fused-ring (bicyclic) bond motifs is 5. The monoisotopic (exact) mass is 818 g/mol. The lowest BCUT2D eigenvalue weighted by Crippen LogP contribution is -2.50. The molecule has 2 aromatic rings. The van der Waals surface area contributed by atoms with Crippen molar-refractivity contribution < 1.29 is 41.8 Å². The van der Waals surface area contributed by atoms with Crippen molar-refractivity contribution in [1.82, 2.24) is 19.9 Å². The van der Waals surface area contributed by atoms with E-state index >= 15 is 0 Å². The first-order valence-corrected chi connectivity index (χ1v) is 22.7. The minimum Gasteiger partial charge on any atom is -0.487 e. The number of carbonyl (C=O) groups is 4. The Labute approximate surface area is 341 Å². The molecule has 13 nitrogen and oxygen atoms in total. The van der Waals surface area contributed by atoms with Gasteiger partial charge < -0.3 is 24.4 Å². The number of hydrogen-bond acceptors (Lipinski definition) is 11. The highest BCUT2D eigenvalue weighted by Crippen LogP contribution is 2.57. The van der Waals surface area contributed by atoms with E-state index in [-0.39, 0.29) is 56.1 Å². The van der Waals surface area contributed by atoms with Gasteiger partial charge in [0.1, 0.15) is 24.1 Å². The lowest BCUT2D eigenvalue weighted by atomic mass is 9.77. The Morgan fingerprint density at radius 2 is 1.86 bits per heavy atom. The van der Waals surface area contributed by atoms with Gasteiger partial charge in [-0.3, -0.25) is 23.9 Å². The first-order valence-electron chi connectivity index (χ1n) is 21.2. The fourth-order valence-electron chi connectivity index (χ4n) is 9.06. The molecule has 1 aromatic heterocycles. The minimum absolute atomic E-state index is 0.00171. The Hall–Kier alpha value is -4.04. The van der Waals surface area contributed by atoms with Crippen molar-refractivity contribution in [2.24, 2.45) is 28.6 Å². The highest BCUT2D eigenvalue weighted by atomic mass is 32.2. The van der Waals surface area contributed by atoms with E-state index in [2.05, 4.69) is 16.6 Å². The van der Waals surface area contributed by atoms with Crippen molar-refractivity contribution in [3.05, 3.63) is 42.5 Å². The number of amides is 2. The van der Waals surface area contributed by atoms with Gasteiger partial charge in [-0.2, -0.15) is 0 Å². The number of Topliss-reactive ketones (excluding diaryl/α,β-unsaturated/α-hetero) is 1. The standard InChI is InChI=1S/C44H58N4O9S/c1-6-27-21-44(27,41(52)47-58(53,54)43(5)16-17-43)22-35(49)34-19-28-25-48(34)40(51)32(42(2,3)4)20-37(50)57-36-18-26(36)12-8-7-9-14-31-38(55-29-23-45-24-29)30-13-10-11-15-33(30)46-39(31)56-28/h6,10-11,13,15,26-29,32,34,36,45H,1,7-9,12,14,16-25H2,2-5H3,(H,47,52)/t26-,27-,28-,32-,34+,36-,44-/m1/s1. The maximum Gasteiger partial charge on any atom is 0.306 e. The van der Waals surface area contributed by atoms with E-state index in [4.69, 9.17) is 19.2 Å². The maximum absolute atomic E-state index is 14.9. The van der Waals surface area contributed by atoms with Gasteiger partial charge in [-0.1, -0.05) is 51.8 Å². The summed E-state index contributed by atoms with van der Waals surface area (Å²) in [5.74, 6) is -1.64. The van der Waals surface area contributed by atoms with Gasteiger partial charge in [0.25, 0.3) is 0 Å². The zero-order valence-electron chi connectivity index (χ0n) is 34.2. The molecule has 0 spiro atoms. The summed E-state index contributed by atoms with van der Waals surface area (Å²) < 4.78 is 47.0. The van der Waals surface area contributed by atoms with Gasteiger partial charge in [0.2, 0.25) is 27.7 Å². The normalized spacial score (nSPS) is 31.3. The third-order valence-corrected chi connectivity index (χ3v) is 15.8. The Balaban J connectivity index is 1.14. The summed E-state index contributed by atoms with van der Waals surface area (Å²) >= 11 is 0. The molecular weight excluding hydrogens is 761 g/mol. The molecule has 2 saturated heterocycles. The minimum atomic E-state index is -3.96. The van der Waals surface area contributed by atoms with Crippen molar-refractivity contribution in [3.8, 4) is 11.6 Å². The van der Waals surface area contributed by atoms with E-state index in [1.54, 1.807) is 13.0 Å². The van der Waals surface area contributed by atoms with Gasteiger partial charge in [-0.15, -0.1) is 6.58 Å². The largest absolute Gasteiger partial charge is 0.487 e. The smallest absolute Gasteiger partial charge is 0.306 e. The Kier molecular flexibility index (Phi) is 10.7. The van der Waals surface area contributed by atoms with Crippen LogP contribution in [0.15, 0.2) is 36.9 Å². The lowest BCUT2D eigenvalue weighted by Gasteiger charge is -2.34. The first-order chi connectivity index (χ1) is 27.5. The quantitative estimate of drug-likeness (QED) is 0.253. The van der Waals surface area contributed by atoms with Crippen LogP contribution in [0, 0.1) is 28.6 Å². The third-order valence-electron chi connectivity index (χ3n) is 13.7. The van der Waals surface area contributed by atoms with E-state index in [1.807, 2.05) is 45.0 Å². The van der Waals surface area contributed by atoms with Gasteiger partial charge in [-0.25, -0.2) is 13.4 Å². The van der Waals surface area contributed by atoms with Crippen LogP contribution in [0.4, 0.5) is 0 Å². The van der Waals surface area contributed by atoms with E-state index in [0.29, 0.717) is 36.6 Å². The molecule has 3 aliphatic heterocycles. The molecular formula is C44H58N4O9S. The average Bonchev–Trinajstić information content (AvgIpc) is 4.11. The molecule has 2 amide bonds. The number of esters is 1.